The standard InChI is InChI=1S/C44H37ClN10O15S6.O3S/c1-22-15-31(51-53-37-23(2)27(20-46)42-47-38-33(55(42)43(37)57)10-9-28(45)41(38)76(67,68)69)34(70-11-5-13-73(58,59)60)18-29(22)49-52-32-16-25(21-56)30(19-35(32)71-12-6-14-74(61,62)63)50-54-44-48-39-36(75(64,65)66)17-24-7-3-4-8-26(24)40(39)72-44;1-4(2)3/h3-4,7-10,15-19,56-57H,5-6,11-14,21H2,1-2H3,(H,58,59,60)(H,61,62,63)(H,64,65,66)(H,67,68,69);. The van der Waals surface area contributed by atoms with Gasteiger partial charge in [-0.15, -0.1) is 50.0 Å². The smallest absolute Gasteiger partial charge is 0.425 e. The third-order valence-corrected chi connectivity index (χ3v) is 17.0. The second kappa shape index (κ2) is 24.4. The van der Waals surface area contributed by atoms with Crippen molar-refractivity contribution in [2.45, 2.75) is 48.0 Å². The van der Waals surface area contributed by atoms with E-state index in [1.54, 1.807) is 31.2 Å². The van der Waals surface area contributed by atoms with Gasteiger partial charge < -0.3 is 14.9 Å². The van der Waals surface area contributed by atoms with Gasteiger partial charge in [-0.1, -0.05) is 47.2 Å². The van der Waals surface area contributed by atoms with Crippen LogP contribution in [0.1, 0.15) is 35.1 Å². The number of thiazole rings is 1. The second-order valence-electron chi connectivity index (χ2n) is 16.5. The number of hydrogen-bond acceptors (Lipinski definition) is 25. The van der Waals surface area contributed by atoms with Crippen LogP contribution >= 0.6 is 34.7 Å². The lowest BCUT2D eigenvalue weighted by molar-refractivity contribution is 0.282. The topological polar surface area (TPSA) is 447 Å². The zero-order chi connectivity index (χ0) is 58.6. The molecule has 3 heterocycles. The zero-order valence-electron chi connectivity index (χ0n) is 40.6. The van der Waals surface area contributed by atoms with E-state index >= 15 is 0 Å². The van der Waals surface area contributed by atoms with Gasteiger partial charge in [0.25, 0.3) is 40.5 Å². The number of benzene rings is 5. The van der Waals surface area contributed by atoms with E-state index in [2.05, 4.69) is 40.7 Å². The average molecular weight is 1250 g/mol. The maximum absolute atomic E-state index is 12.4. The molecule has 6 N–H and O–H groups in total. The van der Waals surface area contributed by atoms with Crippen molar-refractivity contribution in [1.82, 2.24) is 14.4 Å². The minimum Gasteiger partial charge on any atom is -0.493 e. The Hall–Kier alpha value is -7.05. The average Bonchev–Trinajstić information content (AvgIpc) is 4.03. The lowest BCUT2D eigenvalue weighted by Crippen LogP contribution is -2.08. The fourth-order valence-corrected chi connectivity index (χ4v) is 12.6. The van der Waals surface area contributed by atoms with Crippen molar-refractivity contribution in [3.8, 4) is 17.7 Å². The van der Waals surface area contributed by atoms with Crippen LogP contribution in [0.4, 0.5) is 33.6 Å². The Labute approximate surface area is 467 Å². The van der Waals surface area contributed by atoms with E-state index in [-0.39, 0.29) is 108 Å². The van der Waals surface area contributed by atoms with Gasteiger partial charge in [-0.3, -0.25) is 22.6 Å². The van der Waals surface area contributed by atoms with Crippen LogP contribution in [0.25, 0.3) is 37.7 Å². The Morgan fingerprint density at radius 2 is 1.43 bits per heavy atom. The van der Waals surface area contributed by atoms with E-state index in [4.69, 9.17) is 29.0 Å². The molecule has 0 fully saturated rings. The van der Waals surface area contributed by atoms with Crippen LogP contribution in [0.15, 0.2) is 112 Å². The van der Waals surface area contributed by atoms with Gasteiger partial charge in [-0.25, -0.2) is 9.97 Å². The van der Waals surface area contributed by atoms with E-state index in [0.717, 1.165) is 33.6 Å². The van der Waals surface area contributed by atoms with E-state index in [1.807, 2.05) is 6.07 Å². The molecule has 0 aliphatic heterocycles. The third-order valence-electron chi connectivity index (χ3n) is 11.1. The number of imidazole rings is 1. The Kier molecular flexibility index (Phi) is 18.4. The highest BCUT2D eigenvalue weighted by molar-refractivity contribution is 7.99. The summed E-state index contributed by atoms with van der Waals surface area (Å²) in [5.74, 6) is -1.84. The predicted octanol–water partition coefficient (Wildman–Crippen LogP) is 9.35. The van der Waals surface area contributed by atoms with Crippen molar-refractivity contribution in [3.63, 3.8) is 0 Å². The van der Waals surface area contributed by atoms with Crippen LogP contribution in [-0.4, -0.2) is 113 Å². The van der Waals surface area contributed by atoms with Crippen LogP contribution in [-0.2, 0) is 57.7 Å². The molecule has 36 heteroatoms. The first-order valence-corrected chi connectivity index (χ1v) is 31.4. The van der Waals surface area contributed by atoms with E-state index < -0.39 is 84.9 Å². The fraction of sp³-hybridized carbons (Fsp3) is 0.205. The van der Waals surface area contributed by atoms with E-state index in [1.165, 1.54) is 43.3 Å². The Bertz CT molecular complexity index is 4570. The summed E-state index contributed by atoms with van der Waals surface area (Å²) in [7, 11) is -21.5. The van der Waals surface area contributed by atoms with Crippen LogP contribution < -0.4 is 4.74 Å². The number of aromatic nitrogens is 3. The number of aliphatic hydroxyl groups excluding tert-OH is 1. The molecule has 0 saturated carbocycles. The first kappa shape index (κ1) is 60.6. The monoisotopic (exact) mass is 1250 g/mol. The summed E-state index contributed by atoms with van der Waals surface area (Å²) < 4.78 is 167. The number of nitriles is 1. The molecule has 5 aromatic carbocycles. The molecule has 0 aliphatic carbocycles. The summed E-state index contributed by atoms with van der Waals surface area (Å²) in [6.07, 6.45) is -0.202. The molecule has 8 rings (SSSR count). The van der Waals surface area contributed by atoms with Gasteiger partial charge in [0.1, 0.15) is 43.9 Å². The molecule has 420 valence electrons. The first-order valence-electron chi connectivity index (χ1n) is 22.1. The van der Waals surface area contributed by atoms with Crippen LogP contribution in [0.3, 0.4) is 0 Å². The summed E-state index contributed by atoms with van der Waals surface area (Å²) in [4.78, 5) is 7.70. The highest BCUT2D eigenvalue weighted by Crippen LogP contribution is 2.45. The van der Waals surface area contributed by atoms with Crippen molar-refractivity contribution in [2.24, 2.45) is 30.7 Å². The molecule has 8 aromatic rings. The lowest BCUT2D eigenvalue weighted by atomic mass is 10.1. The molecule has 0 amide bonds. The summed E-state index contributed by atoms with van der Waals surface area (Å²) in [6, 6.07) is 18.3. The number of rotatable bonds is 19. The number of pyridine rings is 1. The number of thioether (sulfide) groups is 1. The predicted molar refractivity (Wildman–Crippen MR) is 290 cm³/mol. The number of fused-ring (bicyclic) bond motifs is 6. The van der Waals surface area contributed by atoms with Gasteiger partial charge in [0.2, 0.25) is 11.0 Å². The number of azo groups is 3. The largest absolute Gasteiger partial charge is 0.493 e. The molecular weight excluding hydrogens is 1220 g/mol. The zero-order valence-corrected chi connectivity index (χ0v) is 47.1. The molecule has 0 atom stereocenters. The summed E-state index contributed by atoms with van der Waals surface area (Å²) in [5, 5.41) is 59.1. The molecule has 28 nitrogen and oxygen atoms in total. The maximum Gasteiger partial charge on any atom is 0.425 e. The second-order valence-corrected chi connectivity index (χ2v) is 25.3. The Morgan fingerprint density at radius 1 is 0.775 bits per heavy atom. The maximum atomic E-state index is 12.4. The number of aromatic hydroxyl groups is 1. The Balaban J connectivity index is 0.00000223. The van der Waals surface area contributed by atoms with Crippen molar-refractivity contribution < 1.29 is 79.5 Å². The molecule has 0 radical (unpaired) electrons. The van der Waals surface area contributed by atoms with Gasteiger partial charge >= 0.3 is 10.6 Å². The summed E-state index contributed by atoms with van der Waals surface area (Å²) >= 11 is 8.20. The minimum absolute atomic E-state index is 0.00455. The fourth-order valence-electron chi connectivity index (χ4n) is 7.61. The number of aryl methyl sites for hydroxylation is 1. The molecule has 0 aliphatic rings. The molecular formula is C44H37ClN10O18S7. The quantitative estimate of drug-likeness (QED) is 0.0190. The van der Waals surface area contributed by atoms with Crippen molar-refractivity contribution in [3.05, 3.63) is 94.0 Å². The van der Waals surface area contributed by atoms with Crippen molar-refractivity contribution in [1.29, 1.82) is 5.26 Å². The van der Waals surface area contributed by atoms with Gasteiger partial charge in [-0.2, -0.15) is 44.0 Å². The molecule has 0 saturated heterocycles. The van der Waals surface area contributed by atoms with E-state index in [9.17, 15) is 67.4 Å². The number of ether oxygens (including phenoxy) is 1. The molecule has 0 bridgehead atoms. The van der Waals surface area contributed by atoms with Crippen molar-refractivity contribution >= 4 is 157 Å². The van der Waals surface area contributed by atoms with Gasteiger partial charge in [0, 0.05) is 27.5 Å². The number of halogens is 1. The normalized spacial score (nSPS) is 12.6. The van der Waals surface area contributed by atoms with Crippen molar-refractivity contribution in [2.75, 3.05) is 23.9 Å². The minimum atomic E-state index is -4.95. The first-order chi connectivity index (χ1) is 37.5. The number of nitrogens with zero attached hydrogens (tertiary/aromatic N) is 10. The van der Waals surface area contributed by atoms with Gasteiger partial charge in [0.15, 0.2) is 11.3 Å². The summed E-state index contributed by atoms with van der Waals surface area (Å²) in [5.41, 5.74) is -0.181. The van der Waals surface area contributed by atoms with Crippen LogP contribution in [0.2, 0.25) is 5.02 Å². The SMILES string of the molecule is Cc1cc(N=Nc2c(C)c(C#N)c3nc4c(S(=O)(=O)O)c(Cl)ccc4n3c2O)c(OCCCS(=O)(=O)O)cc1N=Nc1cc(CO)c(N=Nc2nc3c(S(=O)(=O)O)cc4ccccc4c3s2)cc1SCCCS(=O)(=O)O.O=S(=O)=O. The van der Waals surface area contributed by atoms with Crippen LogP contribution in [0, 0.1) is 25.2 Å². The molecule has 80 heavy (non-hydrogen) atoms. The molecule has 0 unspecified atom stereocenters. The van der Waals surface area contributed by atoms with E-state index in [0.29, 0.717) is 25.9 Å². The third kappa shape index (κ3) is 14.3. The molecule has 3 aromatic heterocycles. The van der Waals surface area contributed by atoms with Gasteiger partial charge in [-0.05, 0) is 79.8 Å². The highest BCUT2D eigenvalue weighted by Gasteiger charge is 2.27. The highest BCUT2D eigenvalue weighted by atomic mass is 35.5. The Morgan fingerprint density at radius 3 is 2.08 bits per heavy atom. The number of hydrogen-bond donors (Lipinski definition) is 6. The lowest BCUT2D eigenvalue weighted by Gasteiger charge is -2.12. The van der Waals surface area contributed by atoms with Gasteiger partial charge in [0.05, 0.1) is 57.0 Å². The summed E-state index contributed by atoms with van der Waals surface area (Å²) in [6.45, 7) is 2.10. The van der Waals surface area contributed by atoms with Crippen LogP contribution in [0.5, 0.6) is 11.6 Å². The number of aliphatic hydroxyl groups is 1. The molecule has 0 spiro atoms.